The van der Waals surface area contributed by atoms with Crippen molar-refractivity contribution in [3.8, 4) is 5.75 Å². The van der Waals surface area contributed by atoms with Crippen LogP contribution in [0, 0.1) is 0 Å². The fourth-order valence-electron chi connectivity index (χ4n) is 1.73. The molecule has 0 N–H and O–H groups in total. The van der Waals surface area contributed by atoms with Crippen LogP contribution < -0.4 is 4.74 Å². The Hall–Kier alpha value is -2.32. The van der Waals surface area contributed by atoms with Gasteiger partial charge in [-0.1, -0.05) is 67.8 Å². The molecule has 0 aromatic heterocycles. The monoisotopic (exact) mass is 296 g/mol. The second kappa shape index (κ2) is 10.4. The van der Waals surface area contributed by atoms with Crippen LogP contribution in [0.25, 0.3) is 12.2 Å². The first-order chi connectivity index (χ1) is 10.7. The van der Waals surface area contributed by atoms with Crippen molar-refractivity contribution in [2.45, 2.75) is 20.1 Å². The molecule has 116 valence electrons. The third-order valence-corrected chi connectivity index (χ3v) is 2.85. The number of ether oxygens (including phenoxy) is 2. The van der Waals surface area contributed by atoms with Gasteiger partial charge in [0.1, 0.15) is 5.75 Å². The van der Waals surface area contributed by atoms with E-state index in [1.807, 2.05) is 74.5 Å². The van der Waals surface area contributed by atoms with Gasteiger partial charge in [0.15, 0.2) is 6.29 Å². The maximum Gasteiger partial charge on any atom is 0.196 e. The predicted molar refractivity (Wildman–Crippen MR) is 94.8 cm³/mol. The van der Waals surface area contributed by atoms with Crippen molar-refractivity contribution < 1.29 is 9.47 Å². The third kappa shape index (κ3) is 6.91. The highest BCUT2D eigenvalue weighted by atomic mass is 16.7. The van der Waals surface area contributed by atoms with E-state index < -0.39 is 0 Å². The second-order valence-electron chi connectivity index (χ2n) is 4.53. The Morgan fingerprint density at radius 3 is 1.91 bits per heavy atom. The lowest BCUT2D eigenvalue weighted by molar-refractivity contribution is -0.0613. The average molecular weight is 296 g/mol. The molecule has 1 atom stereocenters. The van der Waals surface area contributed by atoms with E-state index in [1.165, 1.54) is 5.56 Å². The van der Waals surface area contributed by atoms with Gasteiger partial charge in [-0.05, 0) is 37.1 Å². The van der Waals surface area contributed by atoms with Gasteiger partial charge in [0.2, 0.25) is 0 Å². The maximum atomic E-state index is 5.50. The van der Waals surface area contributed by atoms with Crippen LogP contribution >= 0.6 is 0 Å². The summed E-state index contributed by atoms with van der Waals surface area (Å²) in [6.45, 7) is 11.8. The Labute approximate surface area is 133 Å². The highest BCUT2D eigenvalue weighted by Gasteiger charge is 2.01. The third-order valence-electron chi connectivity index (χ3n) is 2.85. The number of hydrogen-bond donors (Lipinski definition) is 0. The fourth-order valence-corrected chi connectivity index (χ4v) is 1.73. The van der Waals surface area contributed by atoms with Gasteiger partial charge in [0.25, 0.3) is 0 Å². The van der Waals surface area contributed by atoms with E-state index >= 15 is 0 Å². The molecule has 0 aliphatic rings. The van der Waals surface area contributed by atoms with Gasteiger partial charge >= 0.3 is 0 Å². The van der Waals surface area contributed by atoms with E-state index in [0.29, 0.717) is 6.61 Å². The van der Waals surface area contributed by atoms with Crippen molar-refractivity contribution in [1.82, 2.24) is 0 Å². The largest absolute Gasteiger partial charge is 0.465 e. The molecular weight excluding hydrogens is 272 g/mol. The molecule has 2 heteroatoms. The molecule has 2 nitrogen and oxygen atoms in total. The Kier molecular flexibility index (Phi) is 8.39. The summed E-state index contributed by atoms with van der Waals surface area (Å²) < 4.78 is 10.8. The van der Waals surface area contributed by atoms with E-state index in [1.54, 1.807) is 6.08 Å². The Bertz CT molecular complexity index is 544. The van der Waals surface area contributed by atoms with Crippen LogP contribution in [-0.2, 0) is 4.74 Å². The molecule has 0 amide bonds. The molecule has 22 heavy (non-hydrogen) atoms. The van der Waals surface area contributed by atoms with Crippen LogP contribution in [0.1, 0.15) is 25.0 Å². The van der Waals surface area contributed by atoms with Gasteiger partial charge in [0, 0.05) is 6.61 Å². The van der Waals surface area contributed by atoms with Gasteiger partial charge in [-0.3, -0.25) is 0 Å². The molecule has 2 aromatic carbocycles. The molecule has 0 aliphatic heterocycles. The molecule has 0 saturated heterocycles. The summed E-state index contributed by atoms with van der Waals surface area (Å²) in [5.41, 5.74) is 2.26. The minimum absolute atomic E-state index is 0.199. The van der Waals surface area contributed by atoms with Crippen molar-refractivity contribution in [2.24, 2.45) is 0 Å². The molecule has 0 fully saturated rings. The van der Waals surface area contributed by atoms with Gasteiger partial charge in [-0.25, -0.2) is 0 Å². The van der Waals surface area contributed by atoms with Gasteiger partial charge in [0.05, 0.1) is 0 Å². The highest BCUT2D eigenvalue weighted by molar-refractivity contribution is 5.48. The molecule has 0 saturated carbocycles. The van der Waals surface area contributed by atoms with Crippen LogP contribution in [0.4, 0.5) is 0 Å². The van der Waals surface area contributed by atoms with Gasteiger partial charge in [-0.2, -0.15) is 0 Å². The van der Waals surface area contributed by atoms with Gasteiger partial charge in [-0.15, -0.1) is 0 Å². The van der Waals surface area contributed by atoms with E-state index in [2.05, 4.69) is 13.2 Å². The SMILES string of the molecule is C=Cc1ccc(OC(C)OCC)cc1.C=Cc1ccccc1. The summed E-state index contributed by atoms with van der Waals surface area (Å²) in [5.74, 6) is 0.816. The van der Waals surface area contributed by atoms with Crippen molar-refractivity contribution in [3.05, 3.63) is 78.9 Å². The van der Waals surface area contributed by atoms with E-state index in [9.17, 15) is 0 Å². The minimum Gasteiger partial charge on any atom is -0.465 e. The summed E-state index contributed by atoms with van der Waals surface area (Å²) in [5, 5.41) is 0. The lowest BCUT2D eigenvalue weighted by atomic mass is 10.2. The fraction of sp³-hybridized carbons (Fsp3) is 0.200. The van der Waals surface area contributed by atoms with Crippen LogP contribution in [-0.4, -0.2) is 12.9 Å². The predicted octanol–water partition coefficient (Wildman–Crippen LogP) is 5.42. The minimum atomic E-state index is -0.199. The number of benzene rings is 2. The lowest BCUT2D eigenvalue weighted by Gasteiger charge is -2.14. The Morgan fingerprint density at radius 1 is 0.909 bits per heavy atom. The van der Waals surface area contributed by atoms with E-state index in [-0.39, 0.29) is 6.29 Å². The smallest absolute Gasteiger partial charge is 0.196 e. The molecule has 0 spiro atoms. The topological polar surface area (TPSA) is 18.5 Å². The number of hydrogen-bond acceptors (Lipinski definition) is 2. The van der Waals surface area contributed by atoms with Crippen molar-refractivity contribution in [1.29, 1.82) is 0 Å². The maximum absolute atomic E-state index is 5.50. The normalized spacial score (nSPS) is 10.8. The molecular formula is C20H24O2. The molecule has 0 bridgehead atoms. The molecule has 2 rings (SSSR count). The second-order valence-corrected chi connectivity index (χ2v) is 4.53. The molecule has 0 aliphatic carbocycles. The standard InChI is InChI=1S/C12H16O2.C8H8/c1-4-11-6-8-12(9-7-11)14-10(3)13-5-2;1-2-8-6-4-3-5-7-8/h4,6-10H,1,5H2,2-3H3;2-7H,1H2. The van der Waals surface area contributed by atoms with Crippen molar-refractivity contribution in [3.63, 3.8) is 0 Å². The Morgan fingerprint density at radius 2 is 1.45 bits per heavy atom. The van der Waals surface area contributed by atoms with Crippen LogP contribution in [0.3, 0.4) is 0 Å². The van der Waals surface area contributed by atoms with E-state index in [0.717, 1.165) is 11.3 Å². The van der Waals surface area contributed by atoms with E-state index in [4.69, 9.17) is 9.47 Å². The van der Waals surface area contributed by atoms with Gasteiger partial charge < -0.3 is 9.47 Å². The van der Waals surface area contributed by atoms with Crippen LogP contribution in [0.5, 0.6) is 5.75 Å². The summed E-state index contributed by atoms with van der Waals surface area (Å²) in [6, 6.07) is 17.8. The molecule has 1 unspecified atom stereocenters. The zero-order valence-corrected chi connectivity index (χ0v) is 13.4. The number of rotatable bonds is 6. The summed E-state index contributed by atoms with van der Waals surface area (Å²) in [4.78, 5) is 0. The summed E-state index contributed by atoms with van der Waals surface area (Å²) in [6.07, 6.45) is 3.44. The molecule has 2 aromatic rings. The van der Waals surface area contributed by atoms with Crippen LogP contribution in [0.15, 0.2) is 67.8 Å². The molecule has 0 heterocycles. The first-order valence-electron chi connectivity index (χ1n) is 7.37. The lowest BCUT2D eigenvalue weighted by Crippen LogP contribution is -2.15. The highest BCUT2D eigenvalue weighted by Crippen LogP contribution is 2.14. The summed E-state index contributed by atoms with van der Waals surface area (Å²) >= 11 is 0. The first-order valence-corrected chi connectivity index (χ1v) is 7.37. The zero-order valence-electron chi connectivity index (χ0n) is 13.4. The molecule has 0 radical (unpaired) electrons. The van der Waals surface area contributed by atoms with Crippen molar-refractivity contribution in [2.75, 3.05) is 6.61 Å². The zero-order chi connectivity index (χ0) is 16.2. The first kappa shape index (κ1) is 17.7. The Balaban J connectivity index is 0.000000255. The summed E-state index contributed by atoms with van der Waals surface area (Å²) in [7, 11) is 0. The quantitative estimate of drug-likeness (QED) is 0.663. The van der Waals surface area contributed by atoms with Crippen molar-refractivity contribution >= 4 is 12.2 Å². The average Bonchev–Trinajstić information content (AvgIpc) is 2.57. The van der Waals surface area contributed by atoms with Crippen LogP contribution in [0.2, 0.25) is 0 Å².